The number of halogens is 1. The molecule has 0 amide bonds. The van der Waals surface area contributed by atoms with Gasteiger partial charge in [0.2, 0.25) is 0 Å². The molecule has 3 heteroatoms. The van der Waals surface area contributed by atoms with Gasteiger partial charge in [-0.15, -0.1) is 0 Å². The number of fused-ring (bicyclic) bond motifs is 1. The molecule has 0 N–H and O–H groups in total. The average molecular weight is 283 g/mol. The van der Waals surface area contributed by atoms with Gasteiger partial charge in [-0.3, -0.25) is 4.68 Å². The summed E-state index contributed by atoms with van der Waals surface area (Å²) in [6.45, 7) is 0. The van der Waals surface area contributed by atoms with Crippen LogP contribution in [0.25, 0.3) is 0 Å². The molecule has 0 unspecified atom stereocenters. The monoisotopic (exact) mass is 282 g/mol. The van der Waals surface area contributed by atoms with Gasteiger partial charge in [0.1, 0.15) is 4.60 Å². The zero-order valence-corrected chi connectivity index (χ0v) is 11.3. The van der Waals surface area contributed by atoms with Crippen LogP contribution in [0, 0.1) is 0 Å². The van der Waals surface area contributed by atoms with Crippen LogP contribution in [-0.2, 0) is 12.8 Å². The summed E-state index contributed by atoms with van der Waals surface area (Å²) in [4.78, 5) is 0. The third kappa shape index (κ3) is 1.83. The van der Waals surface area contributed by atoms with Crippen LogP contribution in [0.4, 0.5) is 0 Å². The third-order valence-corrected chi connectivity index (χ3v) is 4.88. The first kappa shape index (κ1) is 10.8. The van der Waals surface area contributed by atoms with Crippen molar-refractivity contribution in [2.45, 2.75) is 63.8 Å². The van der Waals surface area contributed by atoms with E-state index in [-0.39, 0.29) is 0 Å². The van der Waals surface area contributed by atoms with Crippen molar-refractivity contribution in [2.24, 2.45) is 0 Å². The van der Waals surface area contributed by atoms with E-state index in [1.807, 2.05) is 0 Å². The van der Waals surface area contributed by atoms with Gasteiger partial charge in [-0.25, -0.2) is 0 Å². The molecule has 1 aromatic heterocycles. The van der Waals surface area contributed by atoms with E-state index in [0.29, 0.717) is 6.04 Å². The fourth-order valence-electron chi connectivity index (χ4n) is 3.12. The van der Waals surface area contributed by atoms with E-state index in [2.05, 4.69) is 20.6 Å². The molecule has 0 atom stereocenters. The summed E-state index contributed by atoms with van der Waals surface area (Å²) < 4.78 is 3.57. The zero-order chi connectivity index (χ0) is 11.0. The van der Waals surface area contributed by atoms with Crippen LogP contribution in [-0.4, -0.2) is 9.78 Å². The Morgan fingerprint density at radius 2 is 1.75 bits per heavy atom. The normalized spacial score (nSPS) is 22.1. The van der Waals surface area contributed by atoms with E-state index < -0.39 is 0 Å². The molecule has 0 saturated heterocycles. The van der Waals surface area contributed by atoms with Crippen molar-refractivity contribution < 1.29 is 0 Å². The highest BCUT2D eigenvalue weighted by Gasteiger charge is 2.24. The van der Waals surface area contributed by atoms with Crippen molar-refractivity contribution in [1.29, 1.82) is 0 Å². The summed E-state index contributed by atoms with van der Waals surface area (Å²) in [5.74, 6) is 0. The quantitative estimate of drug-likeness (QED) is 0.711. The van der Waals surface area contributed by atoms with Crippen LogP contribution in [0.15, 0.2) is 4.60 Å². The highest BCUT2D eigenvalue weighted by molar-refractivity contribution is 9.10. The second kappa shape index (κ2) is 4.52. The Labute approximate surface area is 106 Å². The Kier molecular flexibility index (Phi) is 3.05. The SMILES string of the molecule is Brc1c2c(nn1C1CCCCCC1)CCC2. The molecule has 0 aliphatic heterocycles. The van der Waals surface area contributed by atoms with E-state index >= 15 is 0 Å². The predicted molar refractivity (Wildman–Crippen MR) is 68.7 cm³/mol. The number of nitrogens with zero attached hydrogens (tertiary/aromatic N) is 2. The van der Waals surface area contributed by atoms with Gasteiger partial charge in [-0.2, -0.15) is 5.10 Å². The number of rotatable bonds is 1. The molecule has 2 aliphatic rings. The average Bonchev–Trinajstić information content (AvgIpc) is 2.74. The van der Waals surface area contributed by atoms with Gasteiger partial charge in [0.15, 0.2) is 0 Å². The lowest BCUT2D eigenvalue weighted by molar-refractivity contribution is 0.395. The number of aryl methyl sites for hydroxylation is 1. The topological polar surface area (TPSA) is 17.8 Å². The summed E-state index contributed by atoms with van der Waals surface area (Å²) in [6.07, 6.45) is 11.9. The lowest BCUT2D eigenvalue weighted by Gasteiger charge is -2.16. The molecule has 1 aromatic rings. The van der Waals surface area contributed by atoms with Gasteiger partial charge in [-0.1, -0.05) is 25.7 Å². The molecule has 0 bridgehead atoms. The lowest BCUT2D eigenvalue weighted by Crippen LogP contribution is -2.11. The maximum Gasteiger partial charge on any atom is 0.107 e. The molecule has 1 fully saturated rings. The van der Waals surface area contributed by atoms with E-state index in [1.165, 1.54) is 73.6 Å². The molecule has 2 aliphatic carbocycles. The Hall–Kier alpha value is -0.310. The Bertz CT molecular complexity index is 376. The maximum atomic E-state index is 4.83. The van der Waals surface area contributed by atoms with E-state index in [4.69, 9.17) is 5.10 Å². The molecule has 1 heterocycles. The molecule has 0 spiro atoms. The first-order valence-corrected chi connectivity index (χ1v) is 7.41. The van der Waals surface area contributed by atoms with E-state index in [9.17, 15) is 0 Å². The molecule has 88 valence electrons. The van der Waals surface area contributed by atoms with Gasteiger partial charge in [0.05, 0.1) is 11.7 Å². The second-order valence-corrected chi connectivity index (χ2v) is 5.91. The standard InChI is InChI=1S/C13H19BrN2/c14-13-11-8-5-9-12(11)15-16(13)10-6-3-1-2-4-7-10/h10H,1-9H2. The molecule has 1 saturated carbocycles. The van der Waals surface area contributed by atoms with Gasteiger partial charge < -0.3 is 0 Å². The summed E-state index contributed by atoms with van der Waals surface area (Å²) in [5, 5.41) is 4.83. The van der Waals surface area contributed by atoms with Crippen molar-refractivity contribution in [2.75, 3.05) is 0 Å². The first-order chi connectivity index (χ1) is 7.86. The molecule has 16 heavy (non-hydrogen) atoms. The molecular weight excluding hydrogens is 264 g/mol. The van der Waals surface area contributed by atoms with Crippen LogP contribution >= 0.6 is 15.9 Å². The molecule has 0 radical (unpaired) electrons. The highest BCUT2D eigenvalue weighted by atomic mass is 79.9. The lowest BCUT2D eigenvalue weighted by atomic mass is 10.1. The number of hydrogen-bond acceptors (Lipinski definition) is 1. The van der Waals surface area contributed by atoms with Gasteiger partial charge in [0.25, 0.3) is 0 Å². The summed E-state index contributed by atoms with van der Waals surface area (Å²) in [7, 11) is 0. The molecule has 0 aromatic carbocycles. The summed E-state index contributed by atoms with van der Waals surface area (Å²) in [6, 6.07) is 0.655. The molecule has 3 rings (SSSR count). The minimum Gasteiger partial charge on any atom is -0.255 e. The van der Waals surface area contributed by atoms with Gasteiger partial charge >= 0.3 is 0 Å². The van der Waals surface area contributed by atoms with Crippen LogP contribution in [0.5, 0.6) is 0 Å². The Morgan fingerprint density at radius 1 is 1.00 bits per heavy atom. The van der Waals surface area contributed by atoms with Crippen molar-refractivity contribution in [3.05, 3.63) is 15.9 Å². The van der Waals surface area contributed by atoms with Gasteiger partial charge in [-0.05, 0) is 48.0 Å². The number of aromatic nitrogens is 2. The van der Waals surface area contributed by atoms with Crippen molar-refractivity contribution in [3.63, 3.8) is 0 Å². The van der Waals surface area contributed by atoms with Crippen LogP contribution < -0.4 is 0 Å². The fourth-order valence-corrected chi connectivity index (χ4v) is 3.91. The van der Waals surface area contributed by atoms with E-state index in [0.717, 1.165) is 0 Å². The zero-order valence-electron chi connectivity index (χ0n) is 9.71. The Balaban J connectivity index is 1.88. The van der Waals surface area contributed by atoms with Crippen LogP contribution in [0.1, 0.15) is 62.2 Å². The minimum atomic E-state index is 0.655. The van der Waals surface area contributed by atoms with Crippen molar-refractivity contribution in [1.82, 2.24) is 9.78 Å². The van der Waals surface area contributed by atoms with Crippen LogP contribution in [0.3, 0.4) is 0 Å². The first-order valence-electron chi connectivity index (χ1n) is 6.62. The third-order valence-electron chi connectivity index (χ3n) is 4.04. The summed E-state index contributed by atoms with van der Waals surface area (Å²) >= 11 is 3.76. The second-order valence-electron chi connectivity index (χ2n) is 5.16. The maximum absolute atomic E-state index is 4.83. The predicted octanol–water partition coefficient (Wildman–Crippen LogP) is 4.03. The minimum absolute atomic E-state index is 0.655. The Morgan fingerprint density at radius 3 is 2.44 bits per heavy atom. The van der Waals surface area contributed by atoms with Crippen molar-refractivity contribution >= 4 is 15.9 Å². The smallest absolute Gasteiger partial charge is 0.107 e. The van der Waals surface area contributed by atoms with Gasteiger partial charge in [0, 0.05) is 5.56 Å². The van der Waals surface area contributed by atoms with Crippen molar-refractivity contribution in [3.8, 4) is 0 Å². The molecule has 2 nitrogen and oxygen atoms in total. The number of hydrogen-bond donors (Lipinski definition) is 0. The van der Waals surface area contributed by atoms with E-state index in [1.54, 1.807) is 0 Å². The highest BCUT2D eigenvalue weighted by Crippen LogP contribution is 2.35. The fraction of sp³-hybridized carbons (Fsp3) is 0.769. The molecular formula is C13H19BrN2. The summed E-state index contributed by atoms with van der Waals surface area (Å²) in [5.41, 5.74) is 2.85. The largest absolute Gasteiger partial charge is 0.255 e. The van der Waals surface area contributed by atoms with Crippen LogP contribution in [0.2, 0.25) is 0 Å².